The second-order valence-electron chi connectivity index (χ2n) is 11.8. The fraction of sp³-hybridized carbons (Fsp3) is 0. The van der Waals surface area contributed by atoms with Gasteiger partial charge in [-0.2, -0.15) is 4.39 Å². The highest BCUT2D eigenvalue weighted by Gasteiger charge is 2.39. The Hall–Kier alpha value is -6.14. The molecule has 0 bridgehead atoms. The first kappa shape index (κ1) is 35.9. The predicted octanol–water partition coefficient (Wildman–Crippen LogP) is 11.0. The molecule has 0 saturated heterocycles. The lowest BCUT2D eigenvalue weighted by molar-refractivity contribution is 0.408. The monoisotopic (exact) mass is 786 g/mol. The van der Waals surface area contributed by atoms with E-state index in [1.165, 1.54) is 0 Å². The average molecular weight is 786 g/mol. The maximum Gasteiger partial charge on any atom is 0.633 e. The summed E-state index contributed by atoms with van der Waals surface area (Å²) < 4.78 is 252. The van der Waals surface area contributed by atoms with Crippen LogP contribution in [0.3, 0.4) is 0 Å². The summed E-state index contributed by atoms with van der Waals surface area (Å²) >= 11 is 0. The highest BCUT2D eigenvalue weighted by atomic mass is 19.2. The zero-order valence-electron chi connectivity index (χ0n) is 26.0. The van der Waals surface area contributed by atoms with Gasteiger partial charge in [-0.3, -0.25) is 0 Å². The molecule has 0 heterocycles. The number of fused-ring (bicyclic) bond motifs is 2. The molecule has 2 nitrogen and oxygen atoms in total. The molecule has 0 unspecified atom stereocenters. The summed E-state index contributed by atoms with van der Waals surface area (Å²) in [5.41, 5.74) is -0.779. The minimum atomic E-state index is -2.71. The van der Waals surface area contributed by atoms with Gasteiger partial charge in [0.15, 0.2) is 87.2 Å². The minimum Gasteiger partial charge on any atom is -0.521 e. The molecule has 0 aliphatic carbocycles. The molecule has 0 aromatic heterocycles. The molecule has 0 N–H and O–H groups in total. The Labute approximate surface area is 293 Å². The molecule has 8 aromatic carbocycles. The van der Waals surface area contributed by atoms with E-state index in [2.05, 4.69) is 0 Å². The van der Waals surface area contributed by atoms with Crippen molar-refractivity contribution in [2.24, 2.45) is 0 Å². The normalized spacial score (nSPS) is 12.0. The summed E-state index contributed by atoms with van der Waals surface area (Å²) in [5, 5.41) is -14.7. The van der Waals surface area contributed by atoms with Gasteiger partial charge in [-0.25, -0.2) is 65.9 Å². The molecular formula is C36H7BF16O2. The van der Waals surface area contributed by atoms with Crippen LogP contribution in [0.1, 0.15) is 0 Å². The third kappa shape index (κ3) is 4.80. The molecule has 278 valence electrons. The van der Waals surface area contributed by atoms with Crippen LogP contribution in [0.15, 0.2) is 42.5 Å². The number of halogens is 16. The average Bonchev–Trinajstić information content (AvgIpc) is 3.14. The van der Waals surface area contributed by atoms with Gasteiger partial charge in [0.2, 0.25) is 0 Å². The first-order valence-electron chi connectivity index (χ1n) is 15.0. The van der Waals surface area contributed by atoms with Crippen LogP contribution in [0, 0.1) is 93.1 Å². The van der Waals surface area contributed by atoms with Crippen molar-refractivity contribution in [1.82, 2.24) is 0 Å². The van der Waals surface area contributed by atoms with Crippen molar-refractivity contribution in [2.75, 3.05) is 0 Å². The van der Waals surface area contributed by atoms with E-state index in [4.69, 9.17) is 9.31 Å². The molecule has 8 rings (SSSR count). The van der Waals surface area contributed by atoms with Gasteiger partial charge in [-0.1, -0.05) is 12.1 Å². The fourth-order valence-electron chi connectivity index (χ4n) is 6.59. The van der Waals surface area contributed by atoms with Crippen molar-refractivity contribution < 1.29 is 79.6 Å². The Morgan fingerprint density at radius 3 is 1.36 bits per heavy atom. The van der Waals surface area contributed by atoms with Crippen LogP contribution < -0.4 is 14.8 Å². The number of rotatable bonds is 5. The van der Waals surface area contributed by atoms with Crippen molar-refractivity contribution in [3.8, 4) is 11.5 Å². The van der Waals surface area contributed by atoms with Gasteiger partial charge in [-0.05, 0) is 35.7 Å². The lowest BCUT2D eigenvalue weighted by atomic mass is 9.75. The molecule has 0 amide bonds. The summed E-state index contributed by atoms with van der Waals surface area (Å²) in [7, 11) is -2.71. The third-order valence-corrected chi connectivity index (χ3v) is 8.99. The van der Waals surface area contributed by atoms with E-state index in [9.17, 15) is 43.9 Å². The van der Waals surface area contributed by atoms with Gasteiger partial charge in [0.1, 0.15) is 17.4 Å². The van der Waals surface area contributed by atoms with E-state index in [1.807, 2.05) is 0 Å². The van der Waals surface area contributed by atoms with Crippen LogP contribution in [0.2, 0.25) is 0 Å². The Kier molecular flexibility index (Phi) is 7.95. The zero-order valence-corrected chi connectivity index (χ0v) is 26.0. The summed E-state index contributed by atoms with van der Waals surface area (Å²) in [4.78, 5) is 0. The zero-order chi connectivity index (χ0) is 39.7. The van der Waals surface area contributed by atoms with Crippen molar-refractivity contribution in [3.05, 3.63) is 136 Å². The van der Waals surface area contributed by atoms with Gasteiger partial charge >= 0.3 is 7.12 Å². The van der Waals surface area contributed by atoms with Crippen molar-refractivity contribution in [2.45, 2.75) is 0 Å². The van der Waals surface area contributed by atoms with E-state index in [0.717, 1.165) is 0 Å². The van der Waals surface area contributed by atoms with Crippen LogP contribution in [-0.4, -0.2) is 7.12 Å². The fourth-order valence-corrected chi connectivity index (χ4v) is 6.59. The Morgan fingerprint density at radius 1 is 0.309 bits per heavy atom. The minimum absolute atomic E-state index is 0.187. The Bertz CT molecular complexity index is 3000. The smallest absolute Gasteiger partial charge is 0.521 e. The van der Waals surface area contributed by atoms with Gasteiger partial charge in [0.05, 0.1) is 32.3 Å². The maximum atomic E-state index is 16.1. The number of benzene rings is 8. The molecule has 0 fully saturated rings. The van der Waals surface area contributed by atoms with E-state index < -0.39 is 171 Å². The summed E-state index contributed by atoms with van der Waals surface area (Å²) in [6.45, 7) is 0. The standard InChI is InChI=1S/C36H7BF16O2/c38-11-4-2-10(8-1-3-13(40)24(42)16(8)11)37(54-15-6-5-12(39)17-9(15)7-14(41)25(43)26(17)44)55-36-23-19-18-20(27(45)28(46)22(19)32(50)35(36)53)30(48)34(52)31(49)21(18)29(47)33(23)51/h1-7H. The summed E-state index contributed by atoms with van der Waals surface area (Å²) in [5.74, 6) is -38.2. The molecular weight excluding hydrogens is 779 g/mol. The molecule has 19 heteroatoms. The third-order valence-electron chi connectivity index (χ3n) is 8.99. The molecule has 0 aliphatic rings. The molecule has 0 atom stereocenters. The van der Waals surface area contributed by atoms with Crippen LogP contribution in [0.25, 0.3) is 53.9 Å². The topological polar surface area (TPSA) is 18.5 Å². The SMILES string of the molecule is Fc1cc2c(OB(Oc3c(F)c(F)c4c(F)c(F)c5c(F)c(F)c(F)c6c(F)c(F)c3c4c56)c3ccc(F)c4c(F)c(F)ccc34)ccc(F)c2c(F)c1F. The molecule has 55 heavy (non-hydrogen) atoms. The first-order valence-corrected chi connectivity index (χ1v) is 15.0. The first-order chi connectivity index (χ1) is 26.0. The highest BCUT2D eigenvalue weighted by Crippen LogP contribution is 2.48. The molecule has 0 radical (unpaired) electrons. The van der Waals surface area contributed by atoms with E-state index >= 15 is 26.3 Å². The van der Waals surface area contributed by atoms with Crippen LogP contribution in [0.5, 0.6) is 11.5 Å². The van der Waals surface area contributed by atoms with Gasteiger partial charge in [0, 0.05) is 21.6 Å². The molecule has 0 spiro atoms. The largest absolute Gasteiger partial charge is 0.633 e. The van der Waals surface area contributed by atoms with Gasteiger partial charge in [0.25, 0.3) is 0 Å². The summed E-state index contributed by atoms with van der Waals surface area (Å²) in [6, 6.07) is 3.36. The predicted molar refractivity (Wildman–Crippen MR) is 164 cm³/mol. The molecule has 0 saturated carbocycles. The van der Waals surface area contributed by atoms with Crippen molar-refractivity contribution in [3.63, 3.8) is 0 Å². The van der Waals surface area contributed by atoms with Crippen molar-refractivity contribution >= 4 is 66.4 Å². The number of hydrogen-bond donors (Lipinski definition) is 0. The maximum absolute atomic E-state index is 16.1. The van der Waals surface area contributed by atoms with Gasteiger partial charge < -0.3 is 9.31 Å². The Balaban J connectivity index is 1.49. The van der Waals surface area contributed by atoms with E-state index in [1.54, 1.807) is 0 Å². The second-order valence-corrected chi connectivity index (χ2v) is 11.8. The van der Waals surface area contributed by atoms with Crippen LogP contribution in [0.4, 0.5) is 70.2 Å². The summed E-state index contributed by atoms with van der Waals surface area (Å²) in [6.07, 6.45) is 0. The molecule has 8 aromatic rings. The Morgan fingerprint density at radius 2 is 0.764 bits per heavy atom. The van der Waals surface area contributed by atoms with E-state index in [0.29, 0.717) is 36.4 Å². The second kappa shape index (κ2) is 12.2. The lowest BCUT2D eigenvalue weighted by Gasteiger charge is -2.23. The van der Waals surface area contributed by atoms with Crippen LogP contribution in [-0.2, 0) is 0 Å². The van der Waals surface area contributed by atoms with Crippen LogP contribution >= 0.6 is 0 Å². The van der Waals surface area contributed by atoms with E-state index in [-0.39, 0.29) is 6.07 Å². The quantitative estimate of drug-likeness (QED) is 0.0749. The van der Waals surface area contributed by atoms with Gasteiger partial charge in [-0.15, -0.1) is 0 Å². The lowest BCUT2D eigenvalue weighted by Crippen LogP contribution is -2.43. The van der Waals surface area contributed by atoms with Crippen molar-refractivity contribution in [1.29, 1.82) is 0 Å². The molecule has 0 aliphatic heterocycles. The highest BCUT2D eigenvalue weighted by molar-refractivity contribution is 6.66. The number of hydrogen-bond acceptors (Lipinski definition) is 2.